The number of hydrogen-bond acceptors (Lipinski definition) is 6. The smallest absolute Gasteiger partial charge is 0.475 e. The molecule has 1 heterocycles. The van der Waals surface area contributed by atoms with Crippen LogP contribution in [0, 0.1) is 20.8 Å². The van der Waals surface area contributed by atoms with Crippen LogP contribution in [-0.4, -0.2) is 63.8 Å². The number of carbonyl (C=O) groups excluding carboxylic acids is 1. The van der Waals surface area contributed by atoms with E-state index < -0.39 is 22.2 Å². The first-order valence-corrected chi connectivity index (χ1v) is 13.9. The summed E-state index contributed by atoms with van der Waals surface area (Å²) in [6.07, 6.45) is -4.27. The van der Waals surface area contributed by atoms with Gasteiger partial charge in [0.1, 0.15) is 0 Å². The summed E-state index contributed by atoms with van der Waals surface area (Å²) in [5.41, 5.74) is 4.04. The molecule has 2 aromatic carbocycles. The van der Waals surface area contributed by atoms with Gasteiger partial charge in [-0.05, 0) is 63.4 Å². The average Bonchev–Trinajstić information content (AvgIpc) is 2.83. The van der Waals surface area contributed by atoms with E-state index in [0.29, 0.717) is 22.4 Å². The van der Waals surface area contributed by atoms with Crippen molar-refractivity contribution < 1.29 is 36.3 Å². The number of carboxylic acid groups (broad SMARTS) is 1. The van der Waals surface area contributed by atoms with Gasteiger partial charge in [0.15, 0.2) is 0 Å². The summed E-state index contributed by atoms with van der Waals surface area (Å²) in [6, 6.07) is 9.02. The van der Waals surface area contributed by atoms with Gasteiger partial charge in [0, 0.05) is 37.8 Å². The van der Waals surface area contributed by atoms with E-state index in [1.807, 2.05) is 52.8 Å². The number of hydrogen-bond donors (Lipinski definition) is 4. The summed E-state index contributed by atoms with van der Waals surface area (Å²) >= 11 is 0. The van der Waals surface area contributed by atoms with Gasteiger partial charge >= 0.3 is 12.1 Å². The van der Waals surface area contributed by atoms with E-state index in [9.17, 15) is 26.4 Å². The molecule has 3 rings (SSSR count). The predicted octanol–water partition coefficient (Wildman–Crippen LogP) is 3.98. The van der Waals surface area contributed by atoms with Gasteiger partial charge in [-0.25, -0.2) is 13.2 Å². The van der Waals surface area contributed by atoms with Crippen molar-refractivity contribution in [2.45, 2.75) is 58.2 Å². The van der Waals surface area contributed by atoms with Gasteiger partial charge in [-0.1, -0.05) is 24.6 Å². The zero-order valence-electron chi connectivity index (χ0n) is 22.6. The number of alkyl halides is 3. The fourth-order valence-corrected chi connectivity index (χ4v) is 5.66. The summed E-state index contributed by atoms with van der Waals surface area (Å²) in [7, 11) is -3.85. The van der Waals surface area contributed by atoms with Gasteiger partial charge in [0.05, 0.1) is 16.3 Å². The van der Waals surface area contributed by atoms with Crippen LogP contribution >= 0.6 is 0 Å². The summed E-state index contributed by atoms with van der Waals surface area (Å²) in [4.78, 5) is 24.0. The van der Waals surface area contributed by atoms with Gasteiger partial charge in [-0.15, -0.1) is 0 Å². The van der Waals surface area contributed by atoms with E-state index in [-0.39, 0.29) is 16.8 Å². The van der Waals surface area contributed by atoms with Crippen LogP contribution in [0.5, 0.6) is 0 Å². The molecule has 1 saturated heterocycles. The highest BCUT2D eigenvalue weighted by molar-refractivity contribution is 7.92. The van der Waals surface area contributed by atoms with E-state index in [0.717, 1.165) is 43.9 Å². The maximum atomic E-state index is 13.5. The molecule has 39 heavy (non-hydrogen) atoms. The SMILES string of the molecule is CCC(C)NC(=O)c1ccc(N2CCNCC2)c(NS(=O)(=O)c2c(C)cc(C)cc2C)c1.O=C(O)C(F)(F)F. The number of piperazine rings is 1. The minimum Gasteiger partial charge on any atom is -0.475 e. The van der Waals surface area contributed by atoms with E-state index in [1.165, 1.54) is 0 Å². The number of benzene rings is 2. The van der Waals surface area contributed by atoms with Crippen LogP contribution < -0.4 is 20.3 Å². The normalized spacial score (nSPS) is 14.6. The maximum absolute atomic E-state index is 13.5. The molecule has 0 aromatic heterocycles. The van der Waals surface area contributed by atoms with Crippen molar-refractivity contribution in [2.75, 3.05) is 35.8 Å². The lowest BCUT2D eigenvalue weighted by molar-refractivity contribution is -0.192. The van der Waals surface area contributed by atoms with E-state index >= 15 is 0 Å². The van der Waals surface area contributed by atoms with Gasteiger partial charge in [-0.3, -0.25) is 9.52 Å². The van der Waals surface area contributed by atoms with Crippen LogP contribution in [0.1, 0.15) is 47.3 Å². The molecule has 1 aliphatic rings. The first-order chi connectivity index (χ1) is 18.1. The quantitative estimate of drug-likeness (QED) is 0.395. The van der Waals surface area contributed by atoms with Gasteiger partial charge in [-0.2, -0.15) is 13.2 Å². The summed E-state index contributed by atoms with van der Waals surface area (Å²) in [5, 5.41) is 13.4. The molecular weight excluding hydrogens is 537 g/mol. The molecule has 0 aliphatic carbocycles. The summed E-state index contributed by atoms with van der Waals surface area (Å²) in [6.45, 7) is 12.7. The van der Waals surface area contributed by atoms with Crippen molar-refractivity contribution in [2.24, 2.45) is 0 Å². The van der Waals surface area contributed by atoms with E-state index in [4.69, 9.17) is 9.90 Å². The Morgan fingerprint density at radius 2 is 1.62 bits per heavy atom. The molecule has 1 unspecified atom stereocenters. The van der Waals surface area contributed by atoms with Crippen LogP contribution in [0.25, 0.3) is 0 Å². The Balaban J connectivity index is 0.000000673. The second kappa shape index (κ2) is 13.2. The van der Waals surface area contributed by atoms with Crippen LogP contribution in [-0.2, 0) is 14.8 Å². The van der Waals surface area contributed by atoms with Crippen LogP contribution in [0.3, 0.4) is 0 Å². The van der Waals surface area contributed by atoms with Gasteiger partial charge < -0.3 is 20.6 Å². The van der Waals surface area contributed by atoms with Crippen molar-refractivity contribution in [1.82, 2.24) is 10.6 Å². The topological polar surface area (TPSA) is 128 Å². The third kappa shape index (κ3) is 8.85. The molecule has 0 bridgehead atoms. The molecule has 0 saturated carbocycles. The first kappa shape index (κ1) is 31.9. The molecule has 9 nitrogen and oxygen atoms in total. The minimum absolute atomic E-state index is 0.0355. The number of aliphatic carboxylic acids is 1. The Morgan fingerprint density at radius 3 is 2.10 bits per heavy atom. The molecule has 0 radical (unpaired) electrons. The number of aryl methyl sites for hydroxylation is 3. The number of nitrogens with one attached hydrogen (secondary N) is 3. The highest BCUT2D eigenvalue weighted by Crippen LogP contribution is 2.32. The second-order valence-electron chi connectivity index (χ2n) is 9.39. The van der Waals surface area contributed by atoms with Crippen molar-refractivity contribution in [3.63, 3.8) is 0 Å². The third-order valence-corrected chi connectivity index (χ3v) is 7.74. The molecule has 1 amide bonds. The molecule has 1 atom stereocenters. The Hall–Kier alpha value is -3.32. The second-order valence-corrected chi connectivity index (χ2v) is 11.0. The molecule has 13 heteroatoms. The third-order valence-electron chi connectivity index (χ3n) is 6.07. The molecule has 1 aliphatic heterocycles. The van der Waals surface area contributed by atoms with Crippen molar-refractivity contribution in [3.8, 4) is 0 Å². The zero-order valence-corrected chi connectivity index (χ0v) is 23.4. The maximum Gasteiger partial charge on any atom is 0.490 e. The number of sulfonamides is 1. The van der Waals surface area contributed by atoms with Crippen molar-refractivity contribution >= 4 is 33.3 Å². The lowest BCUT2D eigenvalue weighted by Gasteiger charge is -2.31. The van der Waals surface area contributed by atoms with Crippen LogP contribution in [0.15, 0.2) is 35.2 Å². The Bertz CT molecular complexity index is 1270. The fraction of sp³-hybridized carbons (Fsp3) is 0.462. The van der Waals surface area contributed by atoms with Crippen LogP contribution in [0.4, 0.5) is 24.5 Å². The van der Waals surface area contributed by atoms with Crippen LogP contribution in [0.2, 0.25) is 0 Å². The van der Waals surface area contributed by atoms with Gasteiger partial charge in [0.25, 0.3) is 15.9 Å². The number of anilines is 2. The highest BCUT2D eigenvalue weighted by atomic mass is 32.2. The zero-order chi connectivity index (χ0) is 29.5. The summed E-state index contributed by atoms with van der Waals surface area (Å²) < 4.78 is 61.4. The van der Waals surface area contributed by atoms with Crippen molar-refractivity contribution in [1.29, 1.82) is 0 Å². The number of carbonyl (C=O) groups is 2. The summed E-state index contributed by atoms with van der Waals surface area (Å²) in [5.74, 6) is -2.97. The molecule has 4 N–H and O–H groups in total. The standard InChI is InChI=1S/C24H34N4O3S.C2HF3O2/c1-6-19(5)26-24(29)20-7-8-22(28-11-9-25-10-12-28)21(15-20)27-32(30,31)23-17(3)13-16(2)14-18(23)4;3-2(4,5)1(6)7/h7-8,13-15,19,25,27H,6,9-12H2,1-5H3,(H,26,29);(H,6,7). The number of rotatable bonds is 7. The molecule has 0 spiro atoms. The number of amides is 1. The molecule has 1 fully saturated rings. The van der Waals surface area contributed by atoms with Crippen molar-refractivity contribution in [3.05, 3.63) is 52.6 Å². The Kier molecular flexibility index (Phi) is 10.8. The minimum atomic E-state index is -5.08. The molecule has 216 valence electrons. The monoisotopic (exact) mass is 572 g/mol. The lowest BCUT2D eigenvalue weighted by atomic mass is 10.1. The molecule has 2 aromatic rings. The number of carboxylic acids is 1. The lowest BCUT2D eigenvalue weighted by Crippen LogP contribution is -2.43. The number of nitrogens with zero attached hydrogens (tertiary/aromatic N) is 1. The largest absolute Gasteiger partial charge is 0.490 e. The van der Waals surface area contributed by atoms with E-state index in [1.54, 1.807) is 12.1 Å². The fourth-order valence-electron chi connectivity index (χ4n) is 4.14. The van der Waals surface area contributed by atoms with Gasteiger partial charge in [0.2, 0.25) is 0 Å². The average molecular weight is 573 g/mol. The molecular formula is C26H35F3N4O5S. The predicted molar refractivity (Wildman–Crippen MR) is 144 cm³/mol. The van der Waals surface area contributed by atoms with E-state index in [2.05, 4.69) is 20.3 Å². The Morgan fingerprint density at radius 1 is 1.08 bits per heavy atom. The first-order valence-electron chi connectivity index (χ1n) is 12.4. The number of halogens is 3. The highest BCUT2D eigenvalue weighted by Gasteiger charge is 2.38. The Labute approximate surface area is 226 Å².